The topological polar surface area (TPSA) is 29.1 Å². The predicted octanol–water partition coefficient (Wildman–Crippen LogP) is 4.71. The van der Waals surface area contributed by atoms with Crippen LogP contribution in [-0.2, 0) is 16.8 Å². The highest BCUT2D eigenvalue weighted by molar-refractivity contribution is 5.79. The highest BCUT2D eigenvalue weighted by Gasteiger charge is 2.38. The molecule has 1 aliphatic heterocycles. The summed E-state index contributed by atoms with van der Waals surface area (Å²) < 4.78 is 14.1. The number of halogens is 1. The van der Waals surface area contributed by atoms with Gasteiger partial charge >= 0.3 is 0 Å². The fourth-order valence-corrected chi connectivity index (χ4v) is 4.32. The summed E-state index contributed by atoms with van der Waals surface area (Å²) in [6.45, 7) is 0. The van der Waals surface area contributed by atoms with Crippen LogP contribution in [0.3, 0.4) is 0 Å². The molecule has 1 heterocycles. The Morgan fingerprint density at radius 2 is 1.75 bits per heavy atom. The minimum Gasteiger partial charge on any atom is -0.347 e. The lowest BCUT2D eigenvalue weighted by atomic mass is 9.74. The van der Waals surface area contributed by atoms with E-state index in [2.05, 4.69) is 17.4 Å². The molecule has 0 radical (unpaired) electrons. The van der Waals surface area contributed by atoms with Crippen molar-refractivity contribution in [3.05, 3.63) is 59.4 Å². The second kappa shape index (κ2) is 6.04. The van der Waals surface area contributed by atoms with Crippen LogP contribution < -0.4 is 5.32 Å². The summed E-state index contributed by atoms with van der Waals surface area (Å²) in [5.74, 6) is -0.0619. The van der Waals surface area contributed by atoms with Gasteiger partial charge in [0, 0.05) is 12.0 Å². The van der Waals surface area contributed by atoms with Crippen molar-refractivity contribution in [2.45, 2.75) is 50.5 Å². The molecule has 0 unspecified atom stereocenters. The summed E-state index contributed by atoms with van der Waals surface area (Å²) in [6, 6.07) is 13.1. The zero-order valence-electron chi connectivity index (χ0n) is 13.8. The highest BCUT2D eigenvalue weighted by Crippen LogP contribution is 2.41. The summed E-state index contributed by atoms with van der Waals surface area (Å²) in [4.78, 5) is 12.3. The third-order valence-corrected chi connectivity index (χ3v) is 5.51. The maximum Gasteiger partial charge on any atom is 0.221 e. The van der Waals surface area contributed by atoms with Gasteiger partial charge in [-0.1, -0.05) is 55.7 Å². The van der Waals surface area contributed by atoms with Crippen LogP contribution in [0.2, 0.25) is 0 Å². The van der Waals surface area contributed by atoms with Gasteiger partial charge in [-0.15, -0.1) is 0 Å². The molecule has 0 aromatic heterocycles. The first-order valence-electron chi connectivity index (χ1n) is 8.87. The Balaban J connectivity index is 1.81. The van der Waals surface area contributed by atoms with Gasteiger partial charge in [0.2, 0.25) is 5.91 Å². The number of carbonyl (C=O) groups is 1. The zero-order chi connectivity index (χ0) is 16.6. The standard InChI is InChI=1S/C21H22FNO/c22-19-7-3-2-6-17(19)15-8-10-18-16(14-15)9-11-20(24)23-21(18)12-4-1-5-13-21/h2-3,6-8,10,14H,1,4-5,9,11-13H2,(H,23,24). The first-order valence-corrected chi connectivity index (χ1v) is 8.87. The van der Waals surface area contributed by atoms with E-state index < -0.39 is 0 Å². The molecular formula is C21H22FNO. The molecule has 24 heavy (non-hydrogen) atoms. The van der Waals surface area contributed by atoms with Crippen molar-refractivity contribution < 1.29 is 9.18 Å². The second-order valence-electron chi connectivity index (χ2n) is 7.04. The number of amides is 1. The molecule has 2 aromatic rings. The molecule has 0 atom stereocenters. The van der Waals surface area contributed by atoms with Gasteiger partial charge in [-0.2, -0.15) is 0 Å². The second-order valence-corrected chi connectivity index (χ2v) is 7.04. The molecular weight excluding hydrogens is 301 g/mol. The summed E-state index contributed by atoms with van der Waals surface area (Å²) in [6.07, 6.45) is 6.78. The first kappa shape index (κ1) is 15.4. The summed E-state index contributed by atoms with van der Waals surface area (Å²) in [5.41, 5.74) is 3.74. The van der Waals surface area contributed by atoms with Crippen LogP contribution >= 0.6 is 0 Å². The van der Waals surface area contributed by atoms with Crippen LogP contribution in [0.4, 0.5) is 4.39 Å². The van der Waals surface area contributed by atoms with Crippen LogP contribution in [0.15, 0.2) is 42.5 Å². The SMILES string of the molecule is O=C1CCc2cc(-c3ccccc3F)ccc2C2(CCCCC2)N1. The van der Waals surface area contributed by atoms with Crippen molar-refractivity contribution in [3.63, 3.8) is 0 Å². The summed E-state index contributed by atoms with van der Waals surface area (Å²) in [5, 5.41) is 3.31. The normalized spacial score (nSPS) is 19.5. The number of nitrogens with one attached hydrogen (secondary N) is 1. The predicted molar refractivity (Wildman–Crippen MR) is 93.1 cm³/mol. The minimum atomic E-state index is -0.213. The third kappa shape index (κ3) is 2.62. The van der Waals surface area contributed by atoms with Gasteiger partial charge in [0.15, 0.2) is 0 Å². The van der Waals surface area contributed by atoms with Gasteiger partial charge < -0.3 is 5.32 Å². The Kier molecular flexibility index (Phi) is 3.87. The van der Waals surface area contributed by atoms with Crippen molar-refractivity contribution in [2.75, 3.05) is 0 Å². The summed E-state index contributed by atoms with van der Waals surface area (Å²) in [7, 11) is 0. The van der Waals surface area contributed by atoms with Crippen LogP contribution in [0.1, 0.15) is 49.7 Å². The van der Waals surface area contributed by atoms with Crippen molar-refractivity contribution in [1.29, 1.82) is 0 Å². The molecule has 3 heteroatoms. The molecule has 1 N–H and O–H groups in total. The van der Waals surface area contributed by atoms with Gasteiger partial charge in [-0.3, -0.25) is 4.79 Å². The van der Waals surface area contributed by atoms with E-state index in [4.69, 9.17) is 0 Å². The van der Waals surface area contributed by atoms with Crippen LogP contribution in [-0.4, -0.2) is 5.91 Å². The van der Waals surface area contributed by atoms with Gasteiger partial charge in [0.1, 0.15) is 5.82 Å². The van der Waals surface area contributed by atoms with Crippen molar-refractivity contribution >= 4 is 5.91 Å². The molecule has 4 rings (SSSR count). The van der Waals surface area contributed by atoms with Gasteiger partial charge in [-0.25, -0.2) is 4.39 Å². The minimum absolute atomic E-state index is 0.139. The zero-order valence-corrected chi connectivity index (χ0v) is 13.8. The Hall–Kier alpha value is -2.16. The largest absolute Gasteiger partial charge is 0.347 e. The first-order chi connectivity index (χ1) is 11.7. The molecule has 1 amide bonds. The van der Waals surface area contributed by atoms with Crippen LogP contribution in [0.25, 0.3) is 11.1 Å². The number of rotatable bonds is 1. The van der Waals surface area contributed by atoms with E-state index in [0.29, 0.717) is 12.0 Å². The Morgan fingerprint density at radius 1 is 0.958 bits per heavy atom. The number of aryl methyl sites for hydroxylation is 1. The molecule has 2 aromatic carbocycles. The van der Waals surface area contributed by atoms with E-state index in [1.807, 2.05) is 18.2 Å². The fourth-order valence-electron chi connectivity index (χ4n) is 4.32. The number of hydrogen-bond donors (Lipinski definition) is 1. The molecule has 2 nitrogen and oxygen atoms in total. The number of hydrogen-bond acceptors (Lipinski definition) is 1. The van der Waals surface area contributed by atoms with Gasteiger partial charge in [-0.05, 0) is 42.0 Å². The molecule has 1 saturated carbocycles. The van der Waals surface area contributed by atoms with E-state index in [1.54, 1.807) is 6.07 Å². The van der Waals surface area contributed by atoms with E-state index >= 15 is 0 Å². The van der Waals surface area contributed by atoms with Gasteiger partial charge in [0.05, 0.1) is 5.54 Å². The third-order valence-electron chi connectivity index (χ3n) is 5.51. The quantitative estimate of drug-likeness (QED) is 0.809. The fraction of sp³-hybridized carbons (Fsp3) is 0.381. The van der Waals surface area contributed by atoms with E-state index in [9.17, 15) is 9.18 Å². The lowest BCUT2D eigenvalue weighted by Crippen LogP contribution is -2.46. The average Bonchev–Trinajstić information content (AvgIpc) is 2.73. The summed E-state index contributed by atoms with van der Waals surface area (Å²) >= 11 is 0. The lowest BCUT2D eigenvalue weighted by molar-refractivity contribution is -0.123. The monoisotopic (exact) mass is 323 g/mol. The molecule has 1 fully saturated rings. The molecule has 0 bridgehead atoms. The average molecular weight is 323 g/mol. The van der Waals surface area contributed by atoms with Crippen molar-refractivity contribution in [2.24, 2.45) is 0 Å². The van der Waals surface area contributed by atoms with Gasteiger partial charge in [0.25, 0.3) is 0 Å². The molecule has 0 saturated heterocycles. The van der Waals surface area contributed by atoms with Crippen molar-refractivity contribution in [3.8, 4) is 11.1 Å². The van der Waals surface area contributed by atoms with Crippen LogP contribution in [0, 0.1) is 5.82 Å². The Labute approximate surface area is 142 Å². The molecule has 124 valence electrons. The maximum atomic E-state index is 14.1. The number of benzene rings is 2. The maximum absolute atomic E-state index is 14.1. The highest BCUT2D eigenvalue weighted by atomic mass is 19.1. The van der Waals surface area contributed by atoms with Crippen LogP contribution in [0.5, 0.6) is 0 Å². The molecule has 2 aliphatic rings. The molecule has 1 spiro atoms. The number of fused-ring (bicyclic) bond motifs is 2. The Morgan fingerprint density at radius 3 is 2.54 bits per heavy atom. The lowest BCUT2D eigenvalue weighted by Gasteiger charge is -2.38. The van der Waals surface area contributed by atoms with E-state index in [-0.39, 0.29) is 17.3 Å². The van der Waals surface area contributed by atoms with Crippen molar-refractivity contribution in [1.82, 2.24) is 5.32 Å². The van der Waals surface area contributed by atoms with E-state index in [1.165, 1.54) is 23.6 Å². The van der Waals surface area contributed by atoms with E-state index in [0.717, 1.165) is 37.7 Å². The number of carbonyl (C=O) groups excluding carboxylic acids is 1. The molecule has 1 aliphatic carbocycles. The smallest absolute Gasteiger partial charge is 0.221 e. The Bertz CT molecular complexity index is 777.